The lowest BCUT2D eigenvalue weighted by atomic mass is 10.1. The van der Waals surface area contributed by atoms with Gasteiger partial charge in [-0.3, -0.25) is 4.79 Å². The minimum Gasteiger partial charge on any atom is -0.360 e. The number of hydrogen-bond acceptors (Lipinski definition) is 4. The van der Waals surface area contributed by atoms with Crippen molar-refractivity contribution in [3.8, 4) is 11.3 Å². The molecule has 6 heteroatoms. The molecular weight excluding hydrogens is 332 g/mol. The molecule has 0 spiro atoms. The van der Waals surface area contributed by atoms with Gasteiger partial charge in [0.25, 0.3) is 0 Å². The van der Waals surface area contributed by atoms with Crippen LogP contribution in [-0.4, -0.2) is 22.9 Å². The largest absolute Gasteiger partial charge is 0.360 e. The Morgan fingerprint density at radius 2 is 2.04 bits per heavy atom. The van der Waals surface area contributed by atoms with Crippen molar-refractivity contribution in [3.63, 3.8) is 0 Å². The Hall–Kier alpha value is -1.46. The summed E-state index contributed by atoms with van der Waals surface area (Å²) in [5, 5.41) is 7.84. The van der Waals surface area contributed by atoms with Gasteiger partial charge in [0.1, 0.15) is 11.5 Å². The van der Waals surface area contributed by atoms with E-state index in [0.717, 1.165) is 29.9 Å². The fourth-order valence-corrected chi connectivity index (χ4v) is 3.56. The number of thioether (sulfide) groups is 1. The van der Waals surface area contributed by atoms with Gasteiger partial charge in [0.05, 0.1) is 11.5 Å². The molecule has 1 heterocycles. The summed E-state index contributed by atoms with van der Waals surface area (Å²) < 4.78 is 5.33. The summed E-state index contributed by atoms with van der Waals surface area (Å²) in [4.78, 5) is 11.9. The summed E-state index contributed by atoms with van der Waals surface area (Å²) in [5.41, 5.74) is 1.75. The summed E-state index contributed by atoms with van der Waals surface area (Å²) in [6.07, 6.45) is 4.68. The van der Waals surface area contributed by atoms with E-state index in [0.29, 0.717) is 22.6 Å². The lowest BCUT2D eigenvalue weighted by Crippen LogP contribution is -2.33. The van der Waals surface area contributed by atoms with Crippen molar-refractivity contribution >= 4 is 29.3 Å². The minimum absolute atomic E-state index is 0.111. The number of amides is 1. The quantitative estimate of drug-likeness (QED) is 0.844. The van der Waals surface area contributed by atoms with Crippen LogP contribution in [-0.2, 0) is 10.5 Å². The predicted octanol–water partition coefficient (Wildman–Crippen LogP) is 4.29. The van der Waals surface area contributed by atoms with Crippen LogP contribution in [0.15, 0.2) is 34.9 Å². The van der Waals surface area contributed by atoms with E-state index in [1.54, 1.807) is 11.8 Å². The molecule has 1 aromatic carbocycles. The number of hydrogen-bond donors (Lipinski definition) is 1. The molecule has 0 unspecified atom stereocenters. The summed E-state index contributed by atoms with van der Waals surface area (Å²) in [5.74, 6) is 1.97. The molecule has 1 amide bonds. The maximum atomic E-state index is 11.9. The molecule has 122 valence electrons. The molecular formula is C17H19ClN2O2S. The van der Waals surface area contributed by atoms with E-state index >= 15 is 0 Å². The lowest BCUT2D eigenvalue weighted by molar-refractivity contribution is -0.119. The number of halogens is 1. The topological polar surface area (TPSA) is 55.1 Å². The Bertz CT molecular complexity index is 651. The maximum Gasteiger partial charge on any atom is 0.230 e. The highest BCUT2D eigenvalue weighted by Gasteiger charge is 2.17. The SMILES string of the molecule is O=C(CSCc1cc(-c2ccc(Cl)cc2)no1)NC1CCCC1. The molecule has 0 atom stereocenters. The normalized spacial score (nSPS) is 15.0. The van der Waals surface area contributed by atoms with Crippen molar-refractivity contribution in [2.45, 2.75) is 37.5 Å². The number of nitrogens with one attached hydrogen (secondary N) is 1. The van der Waals surface area contributed by atoms with Gasteiger partial charge in [-0.05, 0) is 25.0 Å². The fourth-order valence-electron chi connectivity index (χ4n) is 2.72. The van der Waals surface area contributed by atoms with Gasteiger partial charge >= 0.3 is 0 Å². The van der Waals surface area contributed by atoms with Crippen LogP contribution in [0.25, 0.3) is 11.3 Å². The molecule has 1 fully saturated rings. The van der Waals surface area contributed by atoms with Crippen LogP contribution in [0.2, 0.25) is 5.02 Å². The Labute approximate surface area is 145 Å². The summed E-state index contributed by atoms with van der Waals surface area (Å²) in [6.45, 7) is 0. The predicted molar refractivity (Wildman–Crippen MR) is 93.5 cm³/mol. The highest BCUT2D eigenvalue weighted by atomic mass is 35.5. The first-order valence-electron chi connectivity index (χ1n) is 7.79. The van der Waals surface area contributed by atoms with Crippen LogP contribution in [0.5, 0.6) is 0 Å². The molecule has 1 aliphatic carbocycles. The Balaban J connectivity index is 1.45. The lowest BCUT2D eigenvalue weighted by Gasteiger charge is -2.10. The standard InChI is InChI=1S/C17H19ClN2O2S/c18-13-7-5-12(6-8-13)16-9-15(22-20-16)10-23-11-17(21)19-14-3-1-2-4-14/h5-9,14H,1-4,10-11H2,(H,19,21). The van der Waals surface area contributed by atoms with Crippen LogP contribution in [0.3, 0.4) is 0 Å². The molecule has 0 aliphatic heterocycles. The minimum atomic E-state index is 0.111. The van der Waals surface area contributed by atoms with Gasteiger partial charge in [0.15, 0.2) is 0 Å². The number of benzene rings is 1. The maximum absolute atomic E-state index is 11.9. The van der Waals surface area contributed by atoms with E-state index in [4.69, 9.17) is 16.1 Å². The number of carbonyl (C=O) groups excluding carboxylic acids is 1. The van der Waals surface area contributed by atoms with Crippen LogP contribution in [0, 0.1) is 0 Å². The first-order chi connectivity index (χ1) is 11.2. The van der Waals surface area contributed by atoms with Crippen molar-refractivity contribution in [1.29, 1.82) is 0 Å². The number of nitrogens with zero attached hydrogens (tertiary/aromatic N) is 1. The zero-order valence-electron chi connectivity index (χ0n) is 12.8. The van der Waals surface area contributed by atoms with Gasteiger partial charge in [-0.2, -0.15) is 0 Å². The van der Waals surface area contributed by atoms with Crippen LogP contribution in [0.4, 0.5) is 0 Å². The van der Waals surface area contributed by atoms with Gasteiger partial charge in [0.2, 0.25) is 5.91 Å². The smallest absolute Gasteiger partial charge is 0.230 e. The molecule has 1 aromatic heterocycles. The van der Waals surface area contributed by atoms with Crippen molar-refractivity contribution in [1.82, 2.24) is 10.5 Å². The third-order valence-corrected chi connectivity index (χ3v) is 5.10. The molecule has 23 heavy (non-hydrogen) atoms. The molecule has 4 nitrogen and oxygen atoms in total. The van der Waals surface area contributed by atoms with Crippen LogP contribution < -0.4 is 5.32 Å². The molecule has 0 radical (unpaired) electrons. The second kappa shape index (κ2) is 7.88. The van der Waals surface area contributed by atoms with Gasteiger partial charge in [-0.15, -0.1) is 11.8 Å². The molecule has 1 saturated carbocycles. The number of carbonyl (C=O) groups is 1. The van der Waals surface area contributed by atoms with Crippen molar-refractivity contribution in [2.75, 3.05) is 5.75 Å². The monoisotopic (exact) mass is 350 g/mol. The average Bonchev–Trinajstić information content (AvgIpc) is 3.20. The van der Waals surface area contributed by atoms with Crippen LogP contribution >= 0.6 is 23.4 Å². The molecule has 3 rings (SSSR count). The highest BCUT2D eigenvalue weighted by Crippen LogP contribution is 2.23. The third kappa shape index (κ3) is 4.75. The van der Waals surface area contributed by atoms with E-state index in [-0.39, 0.29) is 5.91 Å². The van der Waals surface area contributed by atoms with E-state index in [1.165, 1.54) is 12.8 Å². The molecule has 2 aromatic rings. The summed E-state index contributed by atoms with van der Waals surface area (Å²) >= 11 is 7.42. The van der Waals surface area contributed by atoms with Crippen molar-refractivity contribution in [2.24, 2.45) is 0 Å². The zero-order chi connectivity index (χ0) is 16.1. The van der Waals surface area contributed by atoms with E-state index < -0.39 is 0 Å². The number of aromatic nitrogens is 1. The number of rotatable bonds is 6. The second-order valence-corrected chi connectivity index (χ2v) is 7.15. The summed E-state index contributed by atoms with van der Waals surface area (Å²) in [7, 11) is 0. The van der Waals surface area contributed by atoms with Gasteiger partial charge in [-0.1, -0.05) is 41.7 Å². The zero-order valence-corrected chi connectivity index (χ0v) is 14.3. The average molecular weight is 351 g/mol. The van der Waals surface area contributed by atoms with Gasteiger partial charge in [0, 0.05) is 22.7 Å². The van der Waals surface area contributed by atoms with Gasteiger partial charge < -0.3 is 9.84 Å². The van der Waals surface area contributed by atoms with Gasteiger partial charge in [-0.25, -0.2) is 0 Å². The second-order valence-electron chi connectivity index (χ2n) is 5.73. The van der Waals surface area contributed by atoms with Crippen LogP contribution in [0.1, 0.15) is 31.4 Å². The molecule has 1 N–H and O–H groups in total. The highest BCUT2D eigenvalue weighted by molar-refractivity contribution is 7.99. The van der Waals surface area contributed by atoms with E-state index in [2.05, 4.69) is 10.5 Å². The first kappa shape index (κ1) is 16.4. The molecule has 1 aliphatic rings. The Morgan fingerprint density at radius 1 is 1.30 bits per heavy atom. The Morgan fingerprint density at radius 3 is 2.78 bits per heavy atom. The molecule has 0 saturated heterocycles. The van der Waals surface area contributed by atoms with E-state index in [9.17, 15) is 4.79 Å². The van der Waals surface area contributed by atoms with Crippen molar-refractivity contribution in [3.05, 3.63) is 41.1 Å². The first-order valence-corrected chi connectivity index (χ1v) is 9.32. The fraction of sp³-hybridized carbons (Fsp3) is 0.412. The summed E-state index contributed by atoms with van der Waals surface area (Å²) in [6, 6.07) is 9.76. The third-order valence-electron chi connectivity index (χ3n) is 3.90. The molecule has 0 bridgehead atoms. The Kier molecular flexibility index (Phi) is 5.62. The van der Waals surface area contributed by atoms with E-state index in [1.807, 2.05) is 30.3 Å². The van der Waals surface area contributed by atoms with Crippen molar-refractivity contribution < 1.29 is 9.32 Å².